The van der Waals surface area contributed by atoms with E-state index in [4.69, 9.17) is 0 Å². The molecule has 2 aromatic carbocycles. The monoisotopic (exact) mass is 446 g/mol. The van der Waals surface area contributed by atoms with E-state index in [9.17, 15) is 14.0 Å². The third-order valence-corrected chi connectivity index (χ3v) is 5.90. The number of carbonyl (C=O) groups is 2. The van der Waals surface area contributed by atoms with Crippen molar-refractivity contribution in [1.82, 2.24) is 19.8 Å². The first-order chi connectivity index (χ1) is 16.1. The minimum Gasteiger partial charge on any atom is -0.341 e. The van der Waals surface area contributed by atoms with Gasteiger partial charge in [-0.2, -0.15) is 0 Å². The van der Waals surface area contributed by atoms with Crippen molar-refractivity contribution in [3.05, 3.63) is 84.2 Å². The molecule has 1 aliphatic heterocycles. The molecule has 1 fully saturated rings. The Morgan fingerprint density at radius 3 is 2.73 bits per heavy atom. The van der Waals surface area contributed by atoms with Gasteiger partial charge in [-0.3, -0.25) is 14.6 Å². The van der Waals surface area contributed by atoms with Gasteiger partial charge in [0.05, 0.1) is 12.1 Å². The smallest absolute Gasteiger partial charge is 0.274 e. The van der Waals surface area contributed by atoms with Crippen LogP contribution < -0.4 is 0 Å². The van der Waals surface area contributed by atoms with Crippen LogP contribution in [0.4, 0.5) is 4.39 Å². The van der Waals surface area contributed by atoms with Gasteiger partial charge in [-0.05, 0) is 30.0 Å². The summed E-state index contributed by atoms with van der Waals surface area (Å²) in [6.45, 7) is 3.93. The molecule has 0 radical (unpaired) electrons. The number of halogens is 1. The quantitative estimate of drug-likeness (QED) is 0.577. The summed E-state index contributed by atoms with van der Waals surface area (Å²) in [6, 6.07) is 14.3. The molecule has 1 aromatic heterocycles. The highest BCUT2D eigenvalue weighted by molar-refractivity contribution is 5.92. The first-order valence-electron chi connectivity index (χ1n) is 11.2. The molecule has 33 heavy (non-hydrogen) atoms. The van der Waals surface area contributed by atoms with Crippen molar-refractivity contribution in [1.29, 1.82) is 0 Å². The molecular weight excluding hydrogens is 419 g/mol. The molecule has 6 nitrogen and oxygen atoms in total. The average molecular weight is 447 g/mol. The molecule has 0 N–H and O–H groups in total. The molecule has 2 amide bonds. The lowest BCUT2D eigenvalue weighted by Crippen LogP contribution is -2.38. The molecule has 1 unspecified atom stereocenters. The third kappa shape index (κ3) is 5.25. The number of nitrogens with zero attached hydrogens (tertiary/aromatic N) is 4. The second kappa shape index (κ2) is 10.3. The highest BCUT2D eigenvalue weighted by Gasteiger charge is 2.32. The van der Waals surface area contributed by atoms with Crippen LogP contribution in [0.25, 0.3) is 11.1 Å². The lowest BCUT2D eigenvalue weighted by Gasteiger charge is -2.24. The van der Waals surface area contributed by atoms with Crippen molar-refractivity contribution in [3.63, 3.8) is 0 Å². The van der Waals surface area contributed by atoms with Crippen LogP contribution in [0.2, 0.25) is 0 Å². The van der Waals surface area contributed by atoms with Gasteiger partial charge in [-0.1, -0.05) is 49.4 Å². The Morgan fingerprint density at radius 1 is 1.12 bits per heavy atom. The van der Waals surface area contributed by atoms with Gasteiger partial charge in [0, 0.05) is 44.1 Å². The standard InChI is InChI=1S/C26H27FN4O2/c1-2-12-30-13-14-31(26(33)24-17-28-10-11-29-24)18-21(25(30)32)16-19-6-5-7-20(15-19)22-8-3-4-9-23(22)27/h3-11,15,17,21H,2,12-14,16,18H2,1H3. The normalized spacial score (nSPS) is 16.5. The second-order valence-corrected chi connectivity index (χ2v) is 8.25. The lowest BCUT2D eigenvalue weighted by atomic mass is 9.94. The summed E-state index contributed by atoms with van der Waals surface area (Å²) in [5.41, 5.74) is 2.50. The molecule has 0 aliphatic carbocycles. The van der Waals surface area contributed by atoms with E-state index in [0.717, 1.165) is 17.5 Å². The van der Waals surface area contributed by atoms with Crippen molar-refractivity contribution in [2.75, 3.05) is 26.2 Å². The largest absolute Gasteiger partial charge is 0.341 e. The van der Waals surface area contributed by atoms with Gasteiger partial charge in [0.1, 0.15) is 11.5 Å². The average Bonchev–Trinajstić information content (AvgIpc) is 2.99. The molecule has 4 rings (SSSR count). The summed E-state index contributed by atoms with van der Waals surface area (Å²) < 4.78 is 14.3. The number of aromatic nitrogens is 2. The summed E-state index contributed by atoms with van der Waals surface area (Å²) >= 11 is 0. The molecule has 2 heterocycles. The second-order valence-electron chi connectivity index (χ2n) is 8.25. The van der Waals surface area contributed by atoms with Crippen LogP contribution in [0, 0.1) is 11.7 Å². The third-order valence-electron chi connectivity index (χ3n) is 5.90. The summed E-state index contributed by atoms with van der Waals surface area (Å²) in [5.74, 6) is -0.854. The minimum atomic E-state index is -0.393. The predicted molar refractivity (Wildman–Crippen MR) is 124 cm³/mol. The van der Waals surface area contributed by atoms with E-state index in [-0.39, 0.29) is 23.3 Å². The highest BCUT2D eigenvalue weighted by atomic mass is 19.1. The van der Waals surface area contributed by atoms with Crippen molar-refractivity contribution < 1.29 is 14.0 Å². The van der Waals surface area contributed by atoms with E-state index in [2.05, 4.69) is 9.97 Å². The van der Waals surface area contributed by atoms with Gasteiger partial charge < -0.3 is 9.80 Å². The van der Waals surface area contributed by atoms with E-state index in [1.54, 1.807) is 23.1 Å². The SMILES string of the molecule is CCCN1CCN(C(=O)c2cnccn2)CC(Cc2cccc(-c3ccccc3F)c2)C1=O. The Bertz CT molecular complexity index is 1120. The van der Waals surface area contributed by atoms with Gasteiger partial charge in [0.15, 0.2) is 0 Å². The van der Waals surface area contributed by atoms with Crippen LogP contribution in [-0.2, 0) is 11.2 Å². The van der Waals surface area contributed by atoms with Gasteiger partial charge in [0.2, 0.25) is 5.91 Å². The van der Waals surface area contributed by atoms with Crippen LogP contribution in [0.1, 0.15) is 29.4 Å². The molecule has 3 aromatic rings. The molecule has 0 saturated carbocycles. The Kier molecular flexibility index (Phi) is 7.07. The fourth-order valence-electron chi connectivity index (χ4n) is 4.29. The Morgan fingerprint density at radius 2 is 1.97 bits per heavy atom. The predicted octanol–water partition coefficient (Wildman–Crippen LogP) is 3.84. The topological polar surface area (TPSA) is 66.4 Å². The van der Waals surface area contributed by atoms with E-state index in [0.29, 0.717) is 38.2 Å². The molecular formula is C26H27FN4O2. The van der Waals surface area contributed by atoms with Crippen LogP contribution in [-0.4, -0.2) is 57.8 Å². The lowest BCUT2D eigenvalue weighted by molar-refractivity contribution is -0.134. The summed E-state index contributed by atoms with van der Waals surface area (Å²) in [5, 5.41) is 0. The molecule has 7 heteroatoms. The zero-order valence-corrected chi connectivity index (χ0v) is 18.7. The Labute approximate surface area is 193 Å². The van der Waals surface area contributed by atoms with Crippen LogP contribution >= 0.6 is 0 Å². The van der Waals surface area contributed by atoms with E-state index < -0.39 is 5.92 Å². The Balaban J connectivity index is 1.60. The van der Waals surface area contributed by atoms with Crippen molar-refractivity contribution in [2.45, 2.75) is 19.8 Å². The fourth-order valence-corrected chi connectivity index (χ4v) is 4.29. The molecule has 1 aliphatic rings. The zero-order valence-electron chi connectivity index (χ0n) is 18.7. The maximum Gasteiger partial charge on any atom is 0.274 e. The molecule has 1 saturated heterocycles. The zero-order chi connectivity index (χ0) is 23.2. The molecule has 0 bridgehead atoms. The van der Waals surface area contributed by atoms with E-state index in [1.807, 2.05) is 36.1 Å². The fraction of sp³-hybridized carbons (Fsp3) is 0.308. The summed E-state index contributed by atoms with van der Waals surface area (Å²) in [7, 11) is 0. The van der Waals surface area contributed by atoms with Crippen molar-refractivity contribution >= 4 is 11.8 Å². The summed E-state index contributed by atoms with van der Waals surface area (Å²) in [6.07, 6.45) is 5.78. The van der Waals surface area contributed by atoms with E-state index >= 15 is 0 Å². The Hall–Kier alpha value is -3.61. The maximum atomic E-state index is 14.3. The number of benzene rings is 2. The maximum absolute atomic E-state index is 14.3. The van der Waals surface area contributed by atoms with Gasteiger partial charge >= 0.3 is 0 Å². The number of hydrogen-bond acceptors (Lipinski definition) is 4. The number of rotatable bonds is 6. The van der Waals surface area contributed by atoms with Crippen molar-refractivity contribution in [2.24, 2.45) is 5.92 Å². The first kappa shape index (κ1) is 22.6. The van der Waals surface area contributed by atoms with Gasteiger partial charge in [0.25, 0.3) is 5.91 Å². The molecule has 0 spiro atoms. The van der Waals surface area contributed by atoms with E-state index in [1.165, 1.54) is 24.7 Å². The number of carbonyl (C=O) groups excluding carboxylic acids is 2. The number of amides is 2. The van der Waals surface area contributed by atoms with Crippen molar-refractivity contribution in [3.8, 4) is 11.1 Å². The number of hydrogen-bond donors (Lipinski definition) is 0. The highest BCUT2D eigenvalue weighted by Crippen LogP contribution is 2.25. The van der Waals surface area contributed by atoms with Crippen LogP contribution in [0.15, 0.2) is 67.1 Å². The summed E-state index contributed by atoms with van der Waals surface area (Å²) in [4.78, 5) is 38.1. The molecule has 170 valence electrons. The molecule has 1 atom stereocenters. The van der Waals surface area contributed by atoms with Crippen LogP contribution in [0.3, 0.4) is 0 Å². The van der Waals surface area contributed by atoms with Gasteiger partial charge in [-0.15, -0.1) is 0 Å². The van der Waals surface area contributed by atoms with Gasteiger partial charge in [-0.25, -0.2) is 9.37 Å². The van der Waals surface area contributed by atoms with Crippen LogP contribution in [0.5, 0.6) is 0 Å². The minimum absolute atomic E-state index is 0.0441. The first-order valence-corrected chi connectivity index (χ1v) is 11.2.